The van der Waals surface area contributed by atoms with Crippen LogP contribution in [0.2, 0.25) is 0 Å². The Morgan fingerprint density at radius 1 is 1.48 bits per heavy atom. The number of esters is 1. The second-order valence-corrected chi connectivity index (χ2v) is 4.98. The molecule has 114 valence electrons. The average Bonchev–Trinajstić information content (AvgIpc) is 2.43. The first kappa shape index (κ1) is 15.2. The smallest absolute Gasteiger partial charge is 0.366 e. The summed E-state index contributed by atoms with van der Waals surface area (Å²) in [5.41, 5.74) is 5.54. The Morgan fingerprint density at radius 3 is 2.76 bits per heavy atom. The summed E-state index contributed by atoms with van der Waals surface area (Å²) >= 11 is 0. The molecule has 3 N–H and O–H groups in total. The van der Waals surface area contributed by atoms with Crippen molar-refractivity contribution >= 4 is 17.7 Å². The second kappa shape index (κ2) is 6.49. The molecule has 8 heteroatoms. The molecule has 1 aromatic rings. The van der Waals surface area contributed by atoms with Crippen LogP contribution in [0.5, 0.6) is 0 Å². The lowest BCUT2D eigenvalue weighted by Gasteiger charge is -2.35. The van der Waals surface area contributed by atoms with Gasteiger partial charge in [-0.15, -0.1) is 0 Å². The number of hydrogen-bond acceptors (Lipinski definition) is 6. The van der Waals surface area contributed by atoms with Crippen LogP contribution in [0.3, 0.4) is 0 Å². The van der Waals surface area contributed by atoms with Crippen molar-refractivity contribution in [3.05, 3.63) is 18.1 Å². The van der Waals surface area contributed by atoms with Gasteiger partial charge in [0.1, 0.15) is 6.20 Å². The molecule has 2 heterocycles. The highest BCUT2D eigenvalue weighted by atomic mass is 16.5. The van der Waals surface area contributed by atoms with Crippen molar-refractivity contribution in [1.82, 2.24) is 9.88 Å². The zero-order chi connectivity index (χ0) is 15.4. The normalized spacial score (nSPS) is 21.9. The van der Waals surface area contributed by atoms with E-state index in [4.69, 9.17) is 15.2 Å². The first-order valence-corrected chi connectivity index (χ1v) is 6.70. The molecule has 1 aliphatic heterocycles. The minimum Gasteiger partial charge on any atom is -0.451 e. The number of H-pyrrole nitrogens is 1. The number of aromatic amines is 1. The minimum absolute atomic E-state index is 0.0329. The number of aromatic nitrogens is 2. The number of nitrogens with one attached hydrogen (secondary N) is 1. The van der Waals surface area contributed by atoms with Crippen molar-refractivity contribution in [2.75, 3.05) is 25.4 Å². The fraction of sp³-hybridized carbons (Fsp3) is 0.538. The van der Waals surface area contributed by atoms with Gasteiger partial charge in [0.25, 0.3) is 5.91 Å². The van der Waals surface area contributed by atoms with E-state index >= 15 is 0 Å². The standard InChI is InChI=1S/C13H18N4O4/c1-8-5-17(6-9(2)21-8)10(18)7-20-13(19)11-12(14)16-4-3-15-11/h3-4,8-9H,5-7H2,1-2H3,(H2,14,16)/p+1/t8-,9+. The summed E-state index contributed by atoms with van der Waals surface area (Å²) in [6.07, 6.45) is 2.82. The lowest BCUT2D eigenvalue weighted by molar-refractivity contribution is -0.361. The lowest BCUT2D eigenvalue weighted by Crippen LogP contribution is -2.49. The van der Waals surface area contributed by atoms with Gasteiger partial charge in [0, 0.05) is 13.1 Å². The molecular formula is C13H19N4O4+. The summed E-state index contributed by atoms with van der Waals surface area (Å²) in [7, 11) is 0. The fourth-order valence-electron chi connectivity index (χ4n) is 2.21. The van der Waals surface area contributed by atoms with Crippen molar-refractivity contribution < 1.29 is 24.0 Å². The molecule has 0 radical (unpaired) electrons. The van der Waals surface area contributed by atoms with Crippen LogP contribution >= 0.6 is 0 Å². The maximum Gasteiger partial charge on any atom is 0.366 e. The zero-order valence-corrected chi connectivity index (χ0v) is 12.0. The van der Waals surface area contributed by atoms with Gasteiger partial charge in [-0.2, -0.15) is 0 Å². The number of hydrogen-bond donors (Lipinski definition) is 1. The van der Waals surface area contributed by atoms with Gasteiger partial charge in [-0.05, 0) is 13.8 Å². The van der Waals surface area contributed by atoms with E-state index in [9.17, 15) is 9.59 Å². The number of amides is 1. The SMILES string of the molecule is C[C@@H]1CN(C(=O)COC(=O)c2ncc[nH+]c2N)C[C@H](C)O1. The molecule has 2 atom stereocenters. The van der Waals surface area contributed by atoms with Crippen LogP contribution in [-0.2, 0) is 14.3 Å². The highest BCUT2D eigenvalue weighted by molar-refractivity contribution is 5.92. The number of nitrogens with zero attached hydrogens (tertiary/aromatic N) is 2. The molecule has 0 bridgehead atoms. The summed E-state index contributed by atoms with van der Waals surface area (Å²) in [4.78, 5) is 31.9. The van der Waals surface area contributed by atoms with Crippen molar-refractivity contribution in [3.8, 4) is 0 Å². The molecular weight excluding hydrogens is 276 g/mol. The van der Waals surface area contributed by atoms with E-state index in [-0.39, 0.29) is 36.2 Å². The van der Waals surface area contributed by atoms with E-state index < -0.39 is 5.97 Å². The highest BCUT2D eigenvalue weighted by Gasteiger charge is 2.27. The Balaban J connectivity index is 1.89. The molecule has 1 aromatic heterocycles. The number of morpholine rings is 1. The summed E-state index contributed by atoms with van der Waals surface area (Å²) in [5, 5.41) is 0. The van der Waals surface area contributed by atoms with Gasteiger partial charge in [0.2, 0.25) is 5.69 Å². The van der Waals surface area contributed by atoms with E-state index in [1.807, 2.05) is 13.8 Å². The Labute approximate surface area is 122 Å². The highest BCUT2D eigenvalue weighted by Crippen LogP contribution is 2.11. The molecule has 8 nitrogen and oxygen atoms in total. The Morgan fingerprint density at radius 2 is 2.14 bits per heavy atom. The number of rotatable bonds is 3. The van der Waals surface area contributed by atoms with Crippen LogP contribution < -0.4 is 10.7 Å². The summed E-state index contributed by atoms with van der Waals surface area (Å²) < 4.78 is 10.5. The number of carbonyl (C=O) groups is 2. The van der Waals surface area contributed by atoms with Crippen molar-refractivity contribution in [2.24, 2.45) is 0 Å². The van der Waals surface area contributed by atoms with Crippen molar-refractivity contribution in [1.29, 1.82) is 0 Å². The van der Waals surface area contributed by atoms with Gasteiger partial charge in [-0.3, -0.25) is 10.5 Å². The van der Waals surface area contributed by atoms with Gasteiger partial charge >= 0.3 is 11.8 Å². The maximum absolute atomic E-state index is 12.0. The summed E-state index contributed by atoms with van der Waals surface area (Å²) in [6, 6.07) is 0. The Bertz CT molecular complexity index is 527. The molecule has 21 heavy (non-hydrogen) atoms. The van der Waals surface area contributed by atoms with Gasteiger partial charge in [0.05, 0.1) is 18.4 Å². The zero-order valence-electron chi connectivity index (χ0n) is 12.0. The van der Waals surface area contributed by atoms with E-state index in [1.165, 1.54) is 12.4 Å². The van der Waals surface area contributed by atoms with Crippen LogP contribution in [0.15, 0.2) is 12.4 Å². The molecule has 0 aliphatic carbocycles. The van der Waals surface area contributed by atoms with Crippen LogP contribution in [0.4, 0.5) is 5.82 Å². The van der Waals surface area contributed by atoms with E-state index in [0.717, 1.165) is 0 Å². The third-order valence-corrected chi connectivity index (χ3v) is 3.06. The third kappa shape index (κ3) is 3.88. The average molecular weight is 295 g/mol. The van der Waals surface area contributed by atoms with E-state index in [1.54, 1.807) is 4.90 Å². The Kier molecular flexibility index (Phi) is 4.69. The first-order valence-electron chi connectivity index (χ1n) is 6.70. The Hall–Kier alpha value is -2.22. The van der Waals surface area contributed by atoms with E-state index in [0.29, 0.717) is 13.1 Å². The van der Waals surface area contributed by atoms with E-state index in [2.05, 4.69) is 9.97 Å². The molecule has 1 aliphatic rings. The van der Waals surface area contributed by atoms with Crippen LogP contribution in [-0.4, -0.2) is 53.7 Å². The van der Waals surface area contributed by atoms with Gasteiger partial charge in [-0.25, -0.2) is 14.8 Å². The lowest BCUT2D eigenvalue weighted by atomic mass is 10.2. The monoisotopic (exact) mass is 295 g/mol. The minimum atomic E-state index is -0.730. The van der Waals surface area contributed by atoms with Gasteiger partial charge in [-0.1, -0.05) is 0 Å². The van der Waals surface area contributed by atoms with Crippen molar-refractivity contribution in [2.45, 2.75) is 26.1 Å². The predicted octanol–water partition coefficient (Wildman–Crippen LogP) is -0.729. The summed E-state index contributed by atoms with van der Waals surface area (Å²) in [5.74, 6) is -0.889. The van der Waals surface area contributed by atoms with Crippen LogP contribution in [0, 0.1) is 0 Å². The predicted molar refractivity (Wildman–Crippen MR) is 72.1 cm³/mol. The maximum atomic E-state index is 12.0. The molecule has 1 saturated heterocycles. The molecule has 0 aromatic carbocycles. The van der Waals surface area contributed by atoms with Gasteiger partial charge in [0.15, 0.2) is 6.61 Å². The molecule has 1 fully saturated rings. The third-order valence-electron chi connectivity index (χ3n) is 3.06. The van der Waals surface area contributed by atoms with Crippen molar-refractivity contribution in [3.63, 3.8) is 0 Å². The fourth-order valence-corrected chi connectivity index (χ4v) is 2.21. The summed E-state index contributed by atoms with van der Waals surface area (Å²) in [6.45, 7) is 4.42. The number of carbonyl (C=O) groups excluding carboxylic acids is 2. The second-order valence-electron chi connectivity index (χ2n) is 4.98. The number of anilines is 1. The first-order chi connectivity index (χ1) is 9.97. The number of nitrogen functional groups attached to an aromatic ring is 1. The topological polar surface area (TPSA) is 109 Å². The quantitative estimate of drug-likeness (QED) is 0.736. The molecule has 2 rings (SSSR count). The molecule has 0 spiro atoms. The number of nitrogens with two attached hydrogens (primary N) is 1. The van der Waals surface area contributed by atoms with Gasteiger partial charge < -0.3 is 14.4 Å². The molecule has 1 amide bonds. The molecule has 0 saturated carbocycles. The molecule has 0 unspecified atom stereocenters. The van der Waals surface area contributed by atoms with Crippen LogP contribution in [0.1, 0.15) is 24.3 Å². The van der Waals surface area contributed by atoms with Crippen LogP contribution in [0.25, 0.3) is 0 Å². The largest absolute Gasteiger partial charge is 0.451 e. The number of ether oxygens (including phenoxy) is 2.